The number of carbonyl (C=O) groups excluding carboxylic acids is 2. The molecule has 0 aliphatic carbocycles. The standard InChI is InChI=1S/C20H29N3O3/c1-23-10-8-15(9-11-23)13-19(24)22-18-7-3-2-6-17(18)20(25)21-14-16-5-4-12-26-16/h2-3,6-7,15-16H,4-5,8-14H2,1H3,(H,21,25)(H,22,24)/t16-/m1/s1. The van der Waals surface area contributed by atoms with Gasteiger partial charge in [-0.3, -0.25) is 9.59 Å². The van der Waals surface area contributed by atoms with Crippen molar-refractivity contribution >= 4 is 17.5 Å². The number of hydrogen-bond acceptors (Lipinski definition) is 4. The van der Waals surface area contributed by atoms with Crippen molar-refractivity contribution in [2.45, 2.75) is 38.2 Å². The first-order valence-corrected chi connectivity index (χ1v) is 9.59. The van der Waals surface area contributed by atoms with Crippen LogP contribution in [0.15, 0.2) is 24.3 Å². The Bertz CT molecular complexity index is 620. The molecule has 3 rings (SSSR count). The molecule has 2 aliphatic rings. The molecule has 0 radical (unpaired) electrons. The number of nitrogens with zero attached hydrogens (tertiary/aromatic N) is 1. The topological polar surface area (TPSA) is 70.7 Å². The van der Waals surface area contributed by atoms with Crippen molar-refractivity contribution < 1.29 is 14.3 Å². The molecule has 1 atom stereocenters. The molecule has 0 spiro atoms. The SMILES string of the molecule is CN1CCC(CC(=O)Nc2ccccc2C(=O)NC[C@H]2CCCO2)CC1. The lowest BCUT2D eigenvalue weighted by Crippen LogP contribution is -2.33. The minimum absolute atomic E-state index is 0.0149. The van der Waals surface area contributed by atoms with Crippen LogP contribution < -0.4 is 10.6 Å². The molecule has 0 unspecified atom stereocenters. The molecular formula is C20H29N3O3. The summed E-state index contributed by atoms with van der Waals surface area (Å²) in [5.74, 6) is 0.237. The average Bonchev–Trinajstić information content (AvgIpc) is 3.16. The molecule has 0 aromatic heterocycles. The van der Waals surface area contributed by atoms with Crippen molar-refractivity contribution in [2.24, 2.45) is 5.92 Å². The van der Waals surface area contributed by atoms with Crippen LogP contribution in [0.25, 0.3) is 0 Å². The Morgan fingerprint density at radius 1 is 1.19 bits per heavy atom. The van der Waals surface area contributed by atoms with Crippen LogP contribution in [0.1, 0.15) is 42.5 Å². The van der Waals surface area contributed by atoms with E-state index in [1.165, 1.54) is 0 Å². The largest absolute Gasteiger partial charge is 0.376 e. The molecule has 2 aliphatic heterocycles. The van der Waals surface area contributed by atoms with Crippen molar-refractivity contribution in [3.8, 4) is 0 Å². The summed E-state index contributed by atoms with van der Waals surface area (Å²) >= 11 is 0. The van der Waals surface area contributed by atoms with Crippen LogP contribution in [-0.2, 0) is 9.53 Å². The van der Waals surface area contributed by atoms with E-state index in [1.54, 1.807) is 12.1 Å². The van der Waals surface area contributed by atoms with Gasteiger partial charge in [-0.05, 0) is 63.9 Å². The number of amides is 2. The van der Waals surface area contributed by atoms with Crippen LogP contribution in [0.4, 0.5) is 5.69 Å². The number of anilines is 1. The van der Waals surface area contributed by atoms with E-state index in [1.807, 2.05) is 12.1 Å². The number of rotatable bonds is 6. The number of benzene rings is 1. The second-order valence-electron chi connectivity index (χ2n) is 7.39. The summed E-state index contributed by atoms with van der Waals surface area (Å²) in [6.07, 6.45) is 4.74. The number of likely N-dealkylation sites (tertiary alicyclic amines) is 1. The van der Waals surface area contributed by atoms with Gasteiger partial charge in [-0.2, -0.15) is 0 Å². The molecule has 6 nitrogen and oxygen atoms in total. The summed E-state index contributed by atoms with van der Waals surface area (Å²) in [6.45, 7) is 3.36. The summed E-state index contributed by atoms with van der Waals surface area (Å²) in [5.41, 5.74) is 1.08. The molecule has 0 saturated carbocycles. The lowest BCUT2D eigenvalue weighted by Gasteiger charge is -2.28. The van der Waals surface area contributed by atoms with Gasteiger partial charge in [0.1, 0.15) is 0 Å². The summed E-state index contributed by atoms with van der Waals surface area (Å²) in [5, 5.41) is 5.85. The Morgan fingerprint density at radius 3 is 2.69 bits per heavy atom. The number of piperidine rings is 1. The maximum Gasteiger partial charge on any atom is 0.253 e. The molecule has 1 aromatic carbocycles. The summed E-state index contributed by atoms with van der Waals surface area (Å²) in [6, 6.07) is 7.18. The summed E-state index contributed by atoms with van der Waals surface area (Å²) in [4.78, 5) is 27.2. The molecule has 26 heavy (non-hydrogen) atoms. The van der Waals surface area contributed by atoms with Gasteiger partial charge in [-0.15, -0.1) is 0 Å². The van der Waals surface area contributed by atoms with E-state index < -0.39 is 0 Å². The monoisotopic (exact) mass is 359 g/mol. The van der Waals surface area contributed by atoms with E-state index in [0.29, 0.717) is 30.1 Å². The highest BCUT2D eigenvalue weighted by Crippen LogP contribution is 2.21. The first-order chi connectivity index (χ1) is 12.6. The molecule has 1 aromatic rings. The minimum Gasteiger partial charge on any atom is -0.376 e. The number of nitrogens with one attached hydrogen (secondary N) is 2. The molecule has 2 fully saturated rings. The second kappa shape index (κ2) is 9.14. The fourth-order valence-corrected chi connectivity index (χ4v) is 3.63. The fraction of sp³-hybridized carbons (Fsp3) is 0.600. The van der Waals surface area contributed by atoms with Crippen LogP contribution in [0.2, 0.25) is 0 Å². The van der Waals surface area contributed by atoms with Gasteiger partial charge in [0.05, 0.1) is 17.4 Å². The quantitative estimate of drug-likeness (QED) is 0.817. The van der Waals surface area contributed by atoms with Gasteiger partial charge in [0, 0.05) is 19.6 Å². The van der Waals surface area contributed by atoms with Crippen molar-refractivity contribution in [1.29, 1.82) is 0 Å². The number of para-hydroxylation sites is 1. The Kier molecular flexibility index (Phi) is 6.63. The molecule has 6 heteroatoms. The number of carbonyl (C=O) groups is 2. The van der Waals surface area contributed by atoms with E-state index >= 15 is 0 Å². The van der Waals surface area contributed by atoms with Gasteiger partial charge in [0.2, 0.25) is 5.91 Å². The Morgan fingerprint density at radius 2 is 1.96 bits per heavy atom. The van der Waals surface area contributed by atoms with Gasteiger partial charge in [0.25, 0.3) is 5.91 Å². The van der Waals surface area contributed by atoms with E-state index in [4.69, 9.17) is 4.74 Å². The fourth-order valence-electron chi connectivity index (χ4n) is 3.63. The highest BCUT2D eigenvalue weighted by molar-refractivity contribution is 6.03. The Labute approximate surface area is 155 Å². The molecule has 2 heterocycles. The van der Waals surface area contributed by atoms with Gasteiger partial charge in [-0.1, -0.05) is 12.1 Å². The first-order valence-electron chi connectivity index (χ1n) is 9.59. The Balaban J connectivity index is 1.54. The Hall–Kier alpha value is -1.92. The maximum atomic E-state index is 12.5. The zero-order valence-electron chi connectivity index (χ0n) is 15.5. The summed E-state index contributed by atoms with van der Waals surface area (Å²) < 4.78 is 5.54. The van der Waals surface area contributed by atoms with Crippen LogP contribution in [-0.4, -0.2) is 56.1 Å². The van der Waals surface area contributed by atoms with E-state index in [9.17, 15) is 9.59 Å². The van der Waals surface area contributed by atoms with Crippen molar-refractivity contribution in [3.63, 3.8) is 0 Å². The van der Waals surface area contributed by atoms with E-state index in [0.717, 1.165) is 45.4 Å². The van der Waals surface area contributed by atoms with Gasteiger partial charge in [0.15, 0.2) is 0 Å². The van der Waals surface area contributed by atoms with E-state index in [2.05, 4.69) is 22.6 Å². The lowest BCUT2D eigenvalue weighted by atomic mass is 9.93. The van der Waals surface area contributed by atoms with Gasteiger partial charge < -0.3 is 20.3 Å². The van der Waals surface area contributed by atoms with E-state index in [-0.39, 0.29) is 17.9 Å². The zero-order valence-corrected chi connectivity index (χ0v) is 15.5. The van der Waals surface area contributed by atoms with Crippen LogP contribution >= 0.6 is 0 Å². The molecular weight excluding hydrogens is 330 g/mol. The van der Waals surface area contributed by atoms with Crippen molar-refractivity contribution in [2.75, 3.05) is 38.6 Å². The van der Waals surface area contributed by atoms with Crippen LogP contribution in [0, 0.1) is 5.92 Å². The number of ether oxygens (including phenoxy) is 1. The molecule has 0 bridgehead atoms. The third-order valence-electron chi connectivity index (χ3n) is 5.27. The number of hydrogen-bond donors (Lipinski definition) is 2. The van der Waals surface area contributed by atoms with Crippen LogP contribution in [0.5, 0.6) is 0 Å². The molecule has 142 valence electrons. The van der Waals surface area contributed by atoms with Crippen LogP contribution in [0.3, 0.4) is 0 Å². The third kappa shape index (κ3) is 5.29. The van der Waals surface area contributed by atoms with Crippen molar-refractivity contribution in [3.05, 3.63) is 29.8 Å². The first kappa shape index (κ1) is 18.9. The zero-order chi connectivity index (χ0) is 18.4. The maximum absolute atomic E-state index is 12.5. The molecule has 2 amide bonds. The molecule has 2 N–H and O–H groups in total. The minimum atomic E-state index is -0.171. The average molecular weight is 359 g/mol. The normalized spacial score (nSPS) is 21.5. The van der Waals surface area contributed by atoms with Crippen molar-refractivity contribution in [1.82, 2.24) is 10.2 Å². The third-order valence-corrected chi connectivity index (χ3v) is 5.27. The highest BCUT2D eigenvalue weighted by atomic mass is 16.5. The predicted molar refractivity (Wildman–Crippen MR) is 101 cm³/mol. The highest BCUT2D eigenvalue weighted by Gasteiger charge is 2.21. The molecule has 2 saturated heterocycles. The smallest absolute Gasteiger partial charge is 0.253 e. The van der Waals surface area contributed by atoms with Gasteiger partial charge in [-0.25, -0.2) is 0 Å². The predicted octanol–water partition coefficient (Wildman–Crippen LogP) is 2.27. The second-order valence-corrected chi connectivity index (χ2v) is 7.39. The summed E-state index contributed by atoms with van der Waals surface area (Å²) in [7, 11) is 2.11. The lowest BCUT2D eigenvalue weighted by molar-refractivity contribution is -0.117. The van der Waals surface area contributed by atoms with Gasteiger partial charge >= 0.3 is 0 Å².